The van der Waals surface area contributed by atoms with Gasteiger partial charge in [-0.2, -0.15) is 0 Å². The number of allylic oxidation sites excluding steroid dienone is 10. The SMILES string of the molecule is CC/C=C\C/C=C\C/C=C\C/C=C\C/C=C\CCCCCC(=O)OC1C(OCC(COC(=O)CCCCCCCCCCCCCCCCCCC)OC(=O)CCCCCCCCCCCCCCC)OC(C(=O)O)C(O)C1O. The lowest BCUT2D eigenvalue weighted by atomic mass is 9.98. The number of unbranched alkanes of at least 4 members (excludes halogenated alkanes) is 31. The van der Waals surface area contributed by atoms with E-state index in [1.165, 1.54) is 141 Å². The van der Waals surface area contributed by atoms with Gasteiger partial charge in [0, 0.05) is 19.3 Å². The van der Waals surface area contributed by atoms with Gasteiger partial charge in [-0.05, 0) is 64.2 Å². The Morgan fingerprint density at radius 2 is 0.797 bits per heavy atom. The van der Waals surface area contributed by atoms with E-state index in [4.69, 9.17) is 23.7 Å². The topological polar surface area (TPSA) is 175 Å². The van der Waals surface area contributed by atoms with E-state index in [1.54, 1.807) is 0 Å². The fourth-order valence-electron chi connectivity index (χ4n) is 9.69. The van der Waals surface area contributed by atoms with Crippen LogP contribution >= 0.6 is 0 Å². The van der Waals surface area contributed by atoms with Crippen molar-refractivity contribution in [3.05, 3.63) is 60.8 Å². The molecule has 1 fully saturated rings. The molecule has 0 aromatic rings. The molecule has 1 saturated heterocycles. The average Bonchev–Trinajstić information content (AvgIpc) is 3.46. The van der Waals surface area contributed by atoms with E-state index in [0.29, 0.717) is 19.3 Å². The molecule has 0 bridgehead atoms. The Balaban J connectivity index is 2.66. The maximum absolute atomic E-state index is 13.2. The Labute approximate surface area is 481 Å². The molecule has 1 aliphatic heterocycles. The van der Waals surface area contributed by atoms with Crippen LogP contribution in [-0.2, 0) is 42.9 Å². The van der Waals surface area contributed by atoms with Crippen molar-refractivity contribution >= 4 is 23.9 Å². The van der Waals surface area contributed by atoms with Gasteiger partial charge in [0.2, 0.25) is 0 Å². The lowest BCUT2D eigenvalue weighted by Crippen LogP contribution is -2.61. The summed E-state index contributed by atoms with van der Waals surface area (Å²) in [5.74, 6) is -3.14. The minimum absolute atomic E-state index is 0.0227. The largest absolute Gasteiger partial charge is 0.479 e. The molecule has 456 valence electrons. The molecule has 0 saturated carbocycles. The summed E-state index contributed by atoms with van der Waals surface area (Å²) >= 11 is 0. The number of carboxylic acids is 1. The molecule has 1 heterocycles. The van der Waals surface area contributed by atoms with Crippen molar-refractivity contribution in [3.8, 4) is 0 Å². The number of aliphatic hydroxyl groups excluding tert-OH is 2. The lowest BCUT2D eigenvalue weighted by Gasteiger charge is -2.40. The van der Waals surface area contributed by atoms with E-state index in [1.807, 2.05) is 0 Å². The van der Waals surface area contributed by atoms with Crippen LogP contribution in [0.5, 0.6) is 0 Å². The van der Waals surface area contributed by atoms with Crippen molar-refractivity contribution in [3.63, 3.8) is 0 Å². The third-order valence-electron chi connectivity index (χ3n) is 14.6. The molecule has 79 heavy (non-hydrogen) atoms. The van der Waals surface area contributed by atoms with E-state index < -0.39 is 67.3 Å². The molecule has 0 radical (unpaired) electrons. The summed E-state index contributed by atoms with van der Waals surface area (Å²) in [4.78, 5) is 51.3. The number of hydrogen-bond acceptors (Lipinski definition) is 11. The smallest absolute Gasteiger partial charge is 0.335 e. The molecule has 0 spiro atoms. The van der Waals surface area contributed by atoms with Gasteiger partial charge in [0.15, 0.2) is 24.6 Å². The van der Waals surface area contributed by atoms with Crippen LogP contribution in [0.25, 0.3) is 0 Å². The van der Waals surface area contributed by atoms with Crippen molar-refractivity contribution < 1.29 is 58.2 Å². The Morgan fingerprint density at radius 3 is 1.22 bits per heavy atom. The van der Waals surface area contributed by atoms with Gasteiger partial charge in [-0.25, -0.2) is 4.79 Å². The highest BCUT2D eigenvalue weighted by Crippen LogP contribution is 2.27. The zero-order valence-electron chi connectivity index (χ0n) is 50.4. The summed E-state index contributed by atoms with van der Waals surface area (Å²) in [6, 6.07) is 0. The molecule has 1 rings (SSSR count). The van der Waals surface area contributed by atoms with Crippen LogP contribution in [0.1, 0.15) is 290 Å². The predicted molar refractivity (Wildman–Crippen MR) is 322 cm³/mol. The first kappa shape index (κ1) is 73.4. The van der Waals surface area contributed by atoms with Gasteiger partial charge in [0.05, 0.1) is 6.61 Å². The number of ether oxygens (including phenoxy) is 5. The minimum Gasteiger partial charge on any atom is -0.479 e. The maximum atomic E-state index is 13.2. The first-order valence-electron chi connectivity index (χ1n) is 32.3. The molecule has 6 atom stereocenters. The van der Waals surface area contributed by atoms with Crippen LogP contribution in [0.15, 0.2) is 60.8 Å². The normalized spacial score (nSPS) is 18.2. The van der Waals surface area contributed by atoms with Crippen molar-refractivity contribution in [2.75, 3.05) is 13.2 Å². The highest BCUT2D eigenvalue weighted by atomic mass is 16.7. The third kappa shape index (κ3) is 44.7. The second kappa shape index (κ2) is 55.0. The van der Waals surface area contributed by atoms with Crippen LogP contribution in [0.4, 0.5) is 0 Å². The Hall–Kier alpha value is -3.58. The van der Waals surface area contributed by atoms with Gasteiger partial charge >= 0.3 is 23.9 Å². The van der Waals surface area contributed by atoms with Gasteiger partial charge < -0.3 is 39.0 Å². The Bertz CT molecular complexity index is 1600. The van der Waals surface area contributed by atoms with Crippen LogP contribution in [0.2, 0.25) is 0 Å². The number of esters is 3. The highest BCUT2D eigenvalue weighted by Gasteiger charge is 2.50. The van der Waals surface area contributed by atoms with Crippen LogP contribution in [-0.4, -0.2) is 89.2 Å². The Kier molecular flexibility index (Phi) is 51.1. The van der Waals surface area contributed by atoms with Gasteiger partial charge in [0.1, 0.15) is 18.8 Å². The number of hydrogen-bond donors (Lipinski definition) is 3. The molecule has 0 aliphatic carbocycles. The van der Waals surface area contributed by atoms with Gasteiger partial charge in [-0.3, -0.25) is 14.4 Å². The van der Waals surface area contributed by atoms with Crippen molar-refractivity contribution in [2.45, 2.75) is 327 Å². The first-order valence-corrected chi connectivity index (χ1v) is 32.3. The summed E-state index contributed by atoms with van der Waals surface area (Å²) < 4.78 is 28.5. The summed E-state index contributed by atoms with van der Waals surface area (Å²) in [5, 5.41) is 31.6. The third-order valence-corrected chi connectivity index (χ3v) is 14.6. The van der Waals surface area contributed by atoms with Gasteiger partial charge in [0.25, 0.3) is 0 Å². The molecule has 0 amide bonds. The summed E-state index contributed by atoms with van der Waals surface area (Å²) in [5.41, 5.74) is 0. The number of aliphatic carboxylic acids is 1. The number of aliphatic hydroxyl groups is 2. The fraction of sp³-hybridized carbons (Fsp3) is 0.791. The van der Waals surface area contributed by atoms with E-state index in [0.717, 1.165) is 89.9 Å². The fourth-order valence-corrected chi connectivity index (χ4v) is 9.69. The summed E-state index contributed by atoms with van der Waals surface area (Å²) in [7, 11) is 0. The van der Waals surface area contributed by atoms with Crippen LogP contribution in [0.3, 0.4) is 0 Å². The average molecular weight is 1110 g/mol. The number of carboxylic acid groups (broad SMARTS) is 1. The standard InChI is InChI=1S/C67H116O12/c1-4-7-10-13-16-19-22-25-27-29-30-32-34-37-40-43-46-49-52-55-61(70)78-65-63(72)62(71)64(66(73)74)79-67(65)76-57-58(77-60(69)54-51-48-45-42-39-35-24-21-18-15-12-9-6-3)56-75-59(68)53-50-47-44-41-38-36-33-31-28-26-23-20-17-14-11-8-5-2/h7,10,16,19,25,27,30,32,37,40,58,62-65,67,71-72H,4-6,8-9,11-15,17-18,20-24,26,28-29,31,33-36,38-39,41-57H2,1-3H3,(H,73,74)/b10-7-,19-16-,27-25-,32-30-,40-37-. The highest BCUT2D eigenvalue weighted by molar-refractivity contribution is 5.74. The minimum atomic E-state index is -1.91. The summed E-state index contributed by atoms with van der Waals surface area (Å²) in [6.07, 6.45) is 56.1. The lowest BCUT2D eigenvalue weighted by molar-refractivity contribution is -0.301. The molecule has 12 heteroatoms. The second-order valence-electron chi connectivity index (χ2n) is 22.0. The van der Waals surface area contributed by atoms with E-state index >= 15 is 0 Å². The van der Waals surface area contributed by atoms with E-state index in [-0.39, 0.29) is 25.9 Å². The molecular formula is C67H116O12. The van der Waals surface area contributed by atoms with E-state index in [2.05, 4.69) is 81.5 Å². The zero-order chi connectivity index (χ0) is 57.5. The van der Waals surface area contributed by atoms with Crippen molar-refractivity contribution in [1.82, 2.24) is 0 Å². The zero-order valence-corrected chi connectivity index (χ0v) is 50.4. The summed E-state index contributed by atoms with van der Waals surface area (Å²) in [6.45, 7) is 5.91. The Morgan fingerprint density at radius 1 is 0.430 bits per heavy atom. The number of carbonyl (C=O) groups excluding carboxylic acids is 3. The monoisotopic (exact) mass is 1110 g/mol. The molecule has 6 unspecified atom stereocenters. The second-order valence-corrected chi connectivity index (χ2v) is 22.0. The molecule has 0 aromatic carbocycles. The quantitative estimate of drug-likeness (QED) is 0.0228. The molecule has 0 aromatic heterocycles. The van der Waals surface area contributed by atoms with Crippen molar-refractivity contribution in [1.29, 1.82) is 0 Å². The maximum Gasteiger partial charge on any atom is 0.335 e. The van der Waals surface area contributed by atoms with Gasteiger partial charge in [-0.15, -0.1) is 0 Å². The molecule has 3 N–H and O–H groups in total. The van der Waals surface area contributed by atoms with Crippen LogP contribution < -0.4 is 0 Å². The first-order chi connectivity index (χ1) is 38.6. The van der Waals surface area contributed by atoms with E-state index in [9.17, 15) is 34.5 Å². The molecule has 12 nitrogen and oxygen atoms in total. The van der Waals surface area contributed by atoms with Crippen LogP contribution in [0, 0.1) is 0 Å². The predicted octanol–water partition coefficient (Wildman–Crippen LogP) is 17.1. The molecule has 1 aliphatic rings. The van der Waals surface area contributed by atoms with Crippen molar-refractivity contribution in [2.24, 2.45) is 0 Å². The number of carbonyl (C=O) groups is 4. The van der Waals surface area contributed by atoms with Gasteiger partial charge in [-0.1, -0.05) is 268 Å². The number of rotatable bonds is 55. The molecular weight excluding hydrogens is 997 g/mol.